The molecule has 0 spiro atoms. The number of carboxylic acids is 1. The Balaban J connectivity index is 2.43. The molecule has 2 N–H and O–H groups in total. The lowest BCUT2D eigenvalue weighted by Crippen LogP contribution is -2.40. The van der Waals surface area contributed by atoms with Gasteiger partial charge in [-0.15, -0.1) is 0 Å². The van der Waals surface area contributed by atoms with Gasteiger partial charge in [-0.05, 0) is 13.3 Å². The fourth-order valence-electron chi connectivity index (χ4n) is 1.08. The van der Waals surface area contributed by atoms with Crippen LogP contribution in [0.25, 0.3) is 0 Å². The molecule has 0 fully saturated rings. The molecule has 1 amide bonds. The number of carbonyl (C=O) groups is 2. The molecule has 0 radical (unpaired) electrons. The van der Waals surface area contributed by atoms with Gasteiger partial charge in [0, 0.05) is 12.5 Å². The average molecular weight is 214 g/mol. The summed E-state index contributed by atoms with van der Waals surface area (Å²) in [5.41, 5.74) is -0.112. The van der Waals surface area contributed by atoms with Crippen molar-refractivity contribution in [3.05, 3.63) is 0 Å². The lowest BCUT2D eigenvalue weighted by molar-refractivity contribution is -0.131. The SMILES string of the molecule is CCC(C)NC(=O)C1CC(C(=O)O)=NO1. The van der Waals surface area contributed by atoms with E-state index in [1.807, 2.05) is 13.8 Å². The van der Waals surface area contributed by atoms with E-state index in [1.54, 1.807) is 0 Å². The van der Waals surface area contributed by atoms with E-state index in [1.165, 1.54) is 0 Å². The van der Waals surface area contributed by atoms with E-state index in [-0.39, 0.29) is 24.1 Å². The Labute approximate surface area is 87.3 Å². The standard InChI is InChI=1S/C9H14N2O4/c1-3-5(2)10-8(12)7-4-6(9(13)14)11-15-7/h5,7H,3-4H2,1-2H3,(H,10,12)(H,13,14). The van der Waals surface area contributed by atoms with Crippen LogP contribution in [-0.4, -0.2) is 34.8 Å². The summed E-state index contributed by atoms with van der Waals surface area (Å²) >= 11 is 0. The molecule has 0 aromatic carbocycles. The third-order valence-electron chi connectivity index (χ3n) is 2.21. The summed E-state index contributed by atoms with van der Waals surface area (Å²) in [7, 11) is 0. The maximum Gasteiger partial charge on any atom is 0.353 e. The quantitative estimate of drug-likeness (QED) is 0.696. The Morgan fingerprint density at radius 3 is 2.87 bits per heavy atom. The number of oxime groups is 1. The van der Waals surface area contributed by atoms with Crippen molar-refractivity contribution in [2.45, 2.75) is 38.8 Å². The van der Waals surface area contributed by atoms with E-state index in [4.69, 9.17) is 9.94 Å². The number of rotatable bonds is 4. The molecule has 0 saturated carbocycles. The van der Waals surface area contributed by atoms with Gasteiger partial charge in [-0.25, -0.2) is 4.79 Å². The van der Waals surface area contributed by atoms with E-state index in [9.17, 15) is 9.59 Å². The minimum atomic E-state index is -1.14. The van der Waals surface area contributed by atoms with Crippen molar-refractivity contribution >= 4 is 17.6 Å². The molecule has 6 heteroatoms. The van der Waals surface area contributed by atoms with Gasteiger partial charge in [0.05, 0.1) is 0 Å². The molecule has 1 heterocycles. The molecule has 2 unspecified atom stereocenters. The van der Waals surface area contributed by atoms with Gasteiger partial charge in [-0.2, -0.15) is 0 Å². The number of carbonyl (C=O) groups excluding carboxylic acids is 1. The first-order chi connectivity index (χ1) is 7.04. The second-order valence-electron chi connectivity index (χ2n) is 3.46. The Hall–Kier alpha value is -1.59. The Morgan fingerprint density at radius 1 is 1.73 bits per heavy atom. The van der Waals surface area contributed by atoms with Gasteiger partial charge >= 0.3 is 5.97 Å². The number of nitrogens with zero attached hydrogens (tertiary/aromatic N) is 1. The lowest BCUT2D eigenvalue weighted by Gasteiger charge is -2.13. The number of aliphatic carboxylic acids is 1. The van der Waals surface area contributed by atoms with Crippen molar-refractivity contribution in [2.75, 3.05) is 0 Å². The van der Waals surface area contributed by atoms with Crippen LogP contribution in [0.4, 0.5) is 0 Å². The summed E-state index contributed by atoms with van der Waals surface area (Å²) in [6.07, 6.45) is 0.0352. The highest BCUT2D eigenvalue weighted by Crippen LogP contribution is 2.11. The van der Waals surface area contributed by atoms with Crippen LogP contribution < -0.4 is 5.32 Å². The summed E-state index contributed by atoms with van der Waals surface area (Å²) in [4.78, 5) is 26.7. The molecule has 6 nitrogen and oxygen atoms in total. The van der Waals surface area contributed by atoms with Crippen LogP contribution in [0.1, 0.15) is 26.7 Å². The van der Waals surface area contributed by atoms with Crippen LogP contribution in [0.3, 0.4) is 0 Å². The molecule has 0 saturated heterocycles. The first kappa shape index (κ1) is 11.5. The van der Waals surface area contributed by atoms with Crippen LogP contribution in [0.5, 0.6) is 0 Å². The van der Waals surface area contributed by atoms with Crippen LogP contribution >= 0.6 is 0 Å². The van der Waals surface area contributed by atoms with E-state index in [0.717, 1.165) is 6.42 Å². The first-order valence-corrected chi connectivity index (χ1v) is 4.81. The normalized spacial score (nSPS) is 21.5. The molecular formula is C9H14N2O4. The van der Waals surface area contributed by atoms with Gasteiger partial charge in [0.25, 0.3) is 5.91 Å². The fourth-order valence-corrected chi connectivity index (χ4v) is 1.08. The Kier molecular flexibility index (Phi) is 3.65. The smallest absolute Gasteiger partial charge is 0.353 e. The molecular weight excluding hydrogens is 200 g/mol. The molecule has 2 atom stereocenters. The minimum Gasteiger partial charge on any atom is -0.477 e. The predicted octanol–water partition coefficient (Wildman–Crippen LogP) is 0.131. The molecule has 15 heavy (non-hydrogen) atoms. The molecule has 0 bridgehead atoms. The van der Waals surface area contributed by atoms with Gasteiger partial charge in [-0.3, -0.25) is 4.79 Å². The number of nitrogens with one attached hydrogen (secondary N) is 1. The minimum absolute atomic E-state index is 0.0254. The average Bonchev–Trinajstić information content (AvgIpc) is 2.66. The summed E-state index contributed by atoms with van der Waals surface area (Å²) < 4.78 is 0. The Bertz CT molecular complexity index is 300. The largest absolute Gasteiger partial charge is 0.477 e. The summed E-state index contributed by atoms with van der Waals surface area (Å²) in [6, 6.07) is 0.0509. The topological polar surface area (TPSA) is 88.0 Å². The van der Waals surface area contributed by atoms with Crippen LogP contribution in [-0.2, 0) is 14.4 Å². The molecule has 1 aliphatic rings. The number of amides is 1. The van der Waals surface area contributed by atoms with E-state index in [0.29, 0.717) is 0 Å². The van der Waals surface area contributed by atoms with Crippen molar-refractivity contribution in [3.8, 4) is 0 Å². The third kappa shape index (κ3) is 2.93. The zero-order chi connectivity index (χ0) is 11.4. The van der Waals surface area contributed by atoms with Crippen molar-refractivity contribution in [2.24, 2.45) is 5.16 Å². The molecule has 0 aromatic heterocycles. The Morgan fingerprint density at radius 2 is 2.40 bits per heavy atom. The van der Waals surface area contributed by atoms with Gasteiger partial charge < -0.3 is 15.3 Å². The molecule has 1 aliphatic heterocycles. The molecule has 1 rings (SSSR count). The van der Waals surface area contributed by atoms with Gasteiger partial charge in [-0.1, -0.05) is 12.1 Å². The van der Waals surface area contributed by atoms with Crippen LogP contribution in [0.2, 0.25) is 0 Å². The number of hydrogen-bond donors (Lipinski definition) is 2. The fraction of sp³-hybridized carbons (Fsp3) is 0.667. The number of hydrogen-bond acceptors (Lipinski definition) is 4. The van der Waals surface area contributed by atoms with Crippen LogP contribution in [0, 0.1) is 0 Å². The molecule has 84 valence electrons. The van der Waals surface area contributed by atoms with Gasteiger partial charge in [0.15, 0.2) is 5.71 Å². The monoisotopic (exact) mass is 214 g/mol. The zero-order valence-corrected chi connectivity index (χ0v) is 8.69. The predicted molar refractivity (Wildman–Crippen MR) is 52.5 cm³/mol. The van der Waals surface area contributed by atoms with Crippen molar-refractivity contribution in [1.29, 1.82) is 0 Å². The first-order valence-electron chi connectivity index (χ1n) is 4.81. The number of carboxylic acid groups (broad SMARTS) is 1. The highest BCUT2D eigenvalue weighted by atomic mass is 16.6. The van der Waals surface area contributed by atoms with Crippen molar-refractivity contribution < 1.29 is 19.5 Å². The van der Waals surface area contributed by atoms with Crippen LogP contribution in [0.15, 0.2) is 5.16 Å². The maximum atomic E-state index is 11.5. The second kappa shape index (κ2) is 4.77. The summed E-state index contributed by atoms with van der Waals surface area (Å²) in [5, 5.41) is 14.6. The van der Waals surface area contributed by atoms with E-state index in [2.05, 4.69) is 10.5 Å². The second-order valence-corrected chi connectivity index (χ2v) is 3.46. The summed E-state index contributed by atoms with van der Waals surface area (Å²) in [5.74, 6) is -1.46. The van der Waals surface area contributed by atoms with Crippen molar-refractivity contribution in [1.82, 2.24) is 5.32 Å². The summed E-state index contributed by atoms with van der Waals surface area (Å²) in [6.45, 7) is 3.81. The van der Waals surface area contributed by atoms with Gasteiger partial charge in [0.1, 0.15) is 0 Å². The van der Waals surface area contributed by atoms with Gasteiger partial charge in [0.2, 0.25) is 6.10 Å². The zero-order valence-electron chi connectivity index (χ0n) is 8.69. The third-order valence-corrected chi connectivity index (χ3v) is 2.21. The van der Waals surface area contributed by atoms with E-state index >= 15 is 0 Å². The highest BCUT2D eigenvalue weighted by molar-refractivity contribution is 6.36. The van der Waals surface area contributed by atoms with Crippen molar-refractivity contribution in [3.63, 3.8) is 0 Å². The molecule has 0 aromatic rings. The lowest BCUT2D eigenvalue weighted by atomic mass is 10.1. The maximum absolute atomic E-state index is 11.5. The van der Waals surface area contributed by atoms with E-state index < -0.39 is 12.1 Å². The molecule has 0 aliphatic carbocycles. The highest BCUT2D eigenvalue weighted by Gasteiger charge is 2.31.